The topological polar surface area (TPSA) is 109 Å². The van der Waals surface area contributed by atoms with Gasteiger partial charge in [-0.1, -0.05) is 12.1 Å². The summed E-state index contributed by atoms with van der Waals surface area (Å²) in [6.07, 6.45) is 0.854. The van der Waals surface area contributed by atoms with Crippen LogP contribution in [0.1, 0.15) is 34.3 Å². The zero-order valence-corrected chi connectivity index (χ0v) is 16.7. The predicted octanol–water partition coefficient (Wildman–Crippen LogP) is -0.707. The van der Waals surface area contributed by atoms with Gasteiger partial charge in [0, 0.05) is 38.2 Å². The van der Waals surface area contributed by atoms with E-state index in [1.54, 1.807) is 4.90 Å². The Balaban J connectivity index is 1.17. The third-order valence-electron chi connectivity index (χ3n) is 6.30. The van der Waals surface area contributed by atoms with Crippen LogP contribution in [0, 0.1) is 0 Å². The van der Waals surface area contributed by atoms with E-state index in [0.717, 1.165) is 17.7 Å². The largest absolute Gasteiger partial charge is 0.377 e. The number of amides is 3. The van der Waals surface area contributed by atoms with Crippen molar-refractivity contribution in [3.63, 3.8) is 0 Å². The average Bonchev–Trinajstić information content (AvgIpc) is 3.32. The maximum absolute atomic E-state index is 12.9. The van der Waals surface area contributed by atoms with Crippen LogP contribution >= 0.6 is 0 Å². The molecule has 0 aromatic heterocycles. The molecule has 0 spiro atoms. The van der Waals surface area contributed by atoms with Gasteiger partial charge in [-0.25, -0.2) is 0 Å². The van der Waals surface area contributed by atoms with Crippen molar-refractivity contribution in [1.29, 1.82) is 0 Å². The van der Waals surface area contributed by atoms with Gasteiger partial charge in [0.15, 0.2) is 0 Å². The van der Waals surface area contributed by atoms with Gasteiger partial charge in [-0.3, -0.25) is 19.7 Å². The van der Waals surface area contributed by atoms with E-state index in [0.29, 0.717) is 50.9 Å². The third-order valence-corrected chi connectivity index (χ3v) is 6.30. The fraction of sp³-hybridized carbons (Fsp3) is 0.571. The van der Waals surface area contributed by atoms with Crippen molar-refractivity contribution in [3.8, 4) is 0 Å². The zero-order valence-electron chi connectivity index (χ0n) is 16.7. The minimum absolute atomic E-state index is 0.0898. The van der Waals surface area contributed by atoms with Crippen LogP contribution in [-0.2, 0) is 32.2 Å². The molecule has 160 valence electrons. The summed E-state index contributed by atoms with van der Waals surface area (Å²) in [6, 6.07) is 5.58. The Morgan fingerprint density at radius 3 is 2.97 bits per heavy atom. The molecule has 5 rings (SSSR count). The Labute approximate surface area is 174 Å². The second-order valence-electron chi connectivity index (χ2n) is 8.37. The number of piperidine rings is 1. The number of fused-ring (bicyclic) bond motifs is 2. The smallest absolute Gasteiger partial charge is 0.255 e. The van der Waals surface area contributed by atoms with Crippen LogP contribution in [-0.4, -0.2) is 73.2 Å². The molecule has 30 heavy (non-hydrogen) atoms. The molecular formula is C21H26N4O5. The highest BCUT2D eigenvalue weighted by Crippen LogP contribution is 2.28. The molecule has 1 aromatic rings. The first kappa shape index (κ1) is 19.6. The quantitative estimate of drug-likeness (QED) is 0.547. The average molecular weight is 414 g/mol. The number of morpholine rings is 1. The maximum atomic E-state index is 12.9. The van der Waals surface area contributed by atoms with Crippen molar-refractivity contribution in [2.75, 3.05) is 26.3 Å². The fourth-order valence-corrected chi connectivity index (χ4v) is 4.65. The van der Waals surface area contributed by atoms with E-state index in [1.807, 2.05) is 18.2 Å². The molecule has 0 aliphatic carbocycles. The normalized spacial score (nSPS) is 30.9. The third kappa shape index (κ3) is 3.74. The number of rotatable bonds is 5. The molecule has 4 atom stereocenters. The maximum Gasteiger partial charge on any atom is 0.255 e. The predicted molar refractivity (Wildman–Crippen MR) is 105 cm³/mol. The summed E-state index contributed by atoms with van der Waals surface area (Å²) >= 11 is 0. The Bertz CT molecular complexity index is 875. The van der Waals surface area contributed by atoms with Crippen molar-refractivity contribution in [2.24, 2.45) is 0 Å². The molecule has 1 aromatic carbocycles. The van der Waals surface area contributed by atoms with Crippen LogP contribution in [0.25, 0.3) is 0 Å². The molecule has 1 unspecified atom stereocenters. The summed E-state index contributed by atoms with van der Waals surface area (Å²) in [6.45, 7) is 3.89. The number of ether oxygens (including phenoxy) is 2. The number of imide groups is 1. The number of carbonyl (C=O) groups excluding carboxylic acids is 3. The van der Waals surface area contributed by atoms with E-state index >= 15 is 0 Å². The Kier molecular flexibility index (Phi) is 5.28. The van der Waals surface area contributed by atoms with Crippen molar-refractivity contribution in [2.45, 2.75) is 50.2 Å². The second kappa shape index (κ2) is 8.07. The molecule has 3 N–H and O–H groups in total. The molecule has 4 aliphatic rings. The lowest BCUT2D eigenvalue weighted by Crippen LogP contribution is -2.54. The van der Waals surface area contributed by atoms with Crippen LogP contribution < -0.4 is 16.0 Å². The summed E-state index contributed by atoms with van der Waals surface area (Å²) in [5, 5.41) is 9.21. The van der Waals surface area contributed by atoms with Crippen LogP contribution in [0.15, 0.2) is 18.2 Å². The van der Waals surface area contributed by atoms with E-state index in [1.165, 1.54) is 0 Å². The second-order valence-corrected chi connectivity index (χ2v) is 8.37. The van der Waals surface area contributed by atoms with Crippen LogP contribution in [0.3, 0.4) is 0 Å². The van der Waals surface area contributed by atoms with Crippen LogP contribution in [0.4, 0.5) is 0 Å². The van der Waals surface area contributed by atoms with E-state index in [-0.39, 0.29) is 36.4 Å². The van der Waals surface area contributed by atoms with E-state index in [4.69, 9.17) is 9.47 Å². The van der Waals surface area contributed by atoms with Crippen molar-refractivity contribution in [3.05, 3.63) is 34.9 Å². The molecule has 0 radical (unpaired) electrons. The highest BCUT2D eigenvalue weighted by molar-refractivity contribution is 6.05. The lowest BCUT2D eigenvalue weighted by Gasteiger charge is -2.32. The number of hydrogen-bond donors (Lipinski definition) is 3. The van der Waals surface area contributed by atoms with Crippen LogP contribution in [0.2, 0.25) is 0 Å². The lowest BCUT2D eigenvalue weighted by atomic mass is 10.0. The molecule has 3 fully saturated rings. The van der Waals surface area contributed by atoms with Gasteiger partial charge in [0.25, 0.3) is 5.91 Å². The van der Waals surface area contributed by atoms with Gasteiger partial charge in [0.2, 0.25) is 11.8 Å². The highest BCUT2D eigenvalue weighted by Gasteiger charge is 2.39. The molecule has 4 aliphatic heterocycles. The first-order valence-corrected chi connectivity index (χ1v) is 10.5. The fourth-order valence-electron chi connectivity index (χ4n) is 4.65. The first-order chi connectivity index (χ1) is 14.6. The standard InChI is InChI=1S/C21H26N4O5/c26-19-4-3-17(20(27)24-19)25-9-13-2-1-12(5-15(13)21(25)28)6-22-7-14-8-23-16-10-29-11-18(16)30-14/h1-2,5,14,16-18,22-23H,3-4,6-11H2,(H,24,26,27)/t14-,16+,17?,18+/m1/s1. The van der Waals surface area contributed by atoms with Gasteiger partial charge in [0.05, 0.1) is 31.5 Å². The SMILES string of the molecule is O=C1CCC(N2Cc3ccc(CNC[C@@H]4CN[C@H]5COC[C@@H]5O4)cc3C2=O)C(=O)N1. The summed E-state index contributed by atoms with van der Waals surface area (Å²) in [5.74, 6) is -0.805. The van der Waals surface area contributed by atoms with Crippen molar-refractivity contribution < 1.29 is 23.9 Å². The molecule has 4 heterocycles. The Morgan fingerprint density at radius 2 is 2.10 bits per heavy atom. The van der Waals surface area contributed by atoms with Gasteiger partial charge < -0.3 is 25.0 Å². The molecule has 0 bridgehead atoms. The summed E-state index contributed by atoms with van der Waals surface area (Å²) in [7, 11) is 0. The molecule has 3 amide bonds. The Morgan fingerprint density at radius 1 is 1.20 bits per heavy atom. The number of benzene rings is 1. The van der Waals surface area contributed by atoms with Gasteiger partial charge in [-0.2, -0.15) is 0 Å². The summed E-state index contributed by atoms with van der Waals surface area (Å²) < 4.78 is 11.5. The van der Waals surface area contributed by atoms with Gasteiger partial charge in [-0.05, 0) is 23.6 Å². The molecular weight excluding hydrogens is 388 g/mol. The van der Waals surface area contributed by atoms with E-state index in [2.05, 4.69) is 16.0 Å². The van der Waals surface area contributed by atoms with E-state index < -0.39 is 6.04 Å². The summed E-state index contributed by atoms with van der Waals surface area (Å²) in [4.78, 5) is 38.0. The van der Waals surface area contributed by atoms with Gasteiger partial charge in [0.1, 0.15) is 6.04 Å². The lowest BCUT2D eigenvalue weighted by molar-refractivity contribution is -0.136. The number of nitrogens with zero attached hydrogens (tertiary/aromatic N) is 1. The van der Waals surface area contributed by atoms with Gasteiger partial charge in [-0.15, -0.1) is 0 Å². The highest BCUT2D eigenvalue weighted by atomic mass is 16.6. The summed E-state index contributed by atoms with van der Waals surface area (Å²) in [5.41, 5.74) is 2.57. The number of carbonyl (C=O) groups is 3. The first-order valence-electron chi connectivity index (χ1n) is 10.5. The molecule has 3 saturated heterocycles. The van der Waals surface area contributed by atoms with E-state index in [9.17, 15) is 14.4 Å². The number of hydrogen-bond acceptors (Lipinski definition) is 7. The monoisotopic (exact) mass is 414 g/mol. The minimum atomic E-state index is -0.580. The molecule has 9 nitrogen and oxygen atoms in total. The van der Waals surface area contributed by atoms with Crippen LogP contribution in [0.5, 0.6) is 0 Å². The molecule has 0 saturated carbocycles. The molecule has 9 heteroatoms. The minimum Gasteiger partial charge on any atom is -0.377 e. The van der Waals surface area contributed by atoms with Crippen molar-refractivity contribution in [1.82, 2.24) is 20.9 Å². The zero-order chi connectivity index (χ0) is 20.7. The Hall–Kier alpha value is -2.33. The van der Waals surface area contributed by atoms with Crippen molar-refractivity contribution >= 4 is 17.7 Å². The number of nitrogens with one attached hydrogen (secondary N) is 3. The van der Waals surface area contributed by atoms with Gasteiger partial charge >= 0.3 is 0 Å².